The lowest BCUT2D eigenvalue weighted by molar-refractivity contribution is 0.0776. The standard InChI is InChI=1S/C20H35N3O3/c1-6-21-20(22-10-7-11-25-16(2)3)23-15-18-9-8-17(4)14-19(18)26-13-12-24-5/h8-9,14,16H,6-7,10-13,15H2,1-5H3,(H2,21,22,23). The van der Waals surface area contributed by atoms with Crippen LogP contribution in [-0.4, -0.2) is 52.1 Å². The Morgan fingerprint density at radius 3 is 2.65 bits per heavy atom. The first-order valence-electron chi connectivity index (χ1n) is 9.41. The van der Waals surface area contributed by atoms with Crippen LogP contribution >= 0.6 is 0 Å². The maximum atomic E-state index is 5.83. The molecule has 0 aliphatic heterocycles. The first-order chi connectivity index (χ1) is 12.6. The molecule has 0 heterocycles. The lowest BCUT2D eigenvalue weighted by atomic mass is 10.1. The molecule has 0 spiro atoms. The van der Waals surface area contributed by atoms with Crippen LogP contribution in [0.4, 0.5) is 0 Å². The molecule has 0 fully saturated rings. The van der Waals surface area contributed by atoms with Gasteiger partial charge in [-0.3, -0.25) is 0 Å². The van der Waals surface area contributed by atoms with E-state index in [-0.39, 0.29) is 6.10 Å². The smallest absolute Gasteiger partial charge is 0.191 e. The number of nitrogens with one attached hydrogen (secondary N) is 2. The lowest BCUT2D eigenvalue weighted by Crippen LogP contribution is -2.38. The fraction of sp³-hybridized carbons (Fsp3) is 0.650. The monoisotopic (exact) mass is 365 g/mol. The summed E-state index contributed by atoms with van der Waals surface area (Å²) in [6.07, 6.45) is 1.22. The summed E-state index contributed by atoms with van der Waals surface area (Å²) in [7, 11) is 1.67. The normalized spacial score (nSPS) is 11.7. The third-order valence-corrected chi connectivity index (χ3v) is 3.58. The predicted molar refractivity (Wildman–Crippen MR) is 107 cm³/mol. The van der Waals surface area contributed by atoms with Crippen molar-refractivity contribution in [1.29, 1.82) is 0 Å². The molecule has 0 saturated carbocycles. The Balaban J connectivity index is 2.61. The Bertz CT molecular complexity index is 533. The Morgan fingerprint density at radius 1 is 1.15 bits per heavy atom. The number of ether oxygens (including phenoxy) is 3. The number of aryl methyl sites for hydroxylation is 1. The molecule has 0 aliphatic rings. The van der Waals surface area contributed by atoms with E-state index in [4.69, 9.17) is 14.2 Å². The second-order valence-corrected chi connectivity index (χ2v) is 6.35. The second-order valence-electron chi connectivity index (χ2n) is 6.35. The van der Waals surface area contributed by atoms with Crippen molar-refractivity contribution < 1.29 is 14.2 Å². The number of hydrogen-bond acceptors (Lipinski definition) is 4. The molecule has 6 nitrogen and oxygen atoms in total. The third kappa shape index (κ3) is 9.63. The Morgan fingerprint density at radius 2 is 1.96 bits per heavy atom. The summed E-state index contributed by atoms with van der Waals surface area (Å²) in [5, 5.41) is 6.62. The Kier molecular flexibility index (Phi) is 11.5. The summed E-state index contributed by atoms with van der Waals surface area (Å²) in [5.41, 5.74) is 2.23. The van der Waals surface area contributed by atoms with E-state index in [2.05, 4.69) is 41.6 Å². The molecule has 1 rings (SSSR count). The van der Waals surface area contributed by atoms with Gasteiger partial charge in [0.2, 0.25) is 0 Å². The molecule has 0 unspecified atom stereocenters. The van der Waals surface area contributed by atoms with Gasteiger partial charge < -0.3 is 24.8 Å². The minimum atomic E-state index is 0.273. The van der Waals surface area contributed by atoms with Crippen LogP contribution in [-0.2, 0) is 16.0 Å². The summed E-state index contributed by atoms with van der Waals surface area (Å²) in [4.78, 5) is 4.68. The molecule has 0 amide bonds. The van der Waals surface area contributed by atoms with Gasteiger partial charge in [-0.25, -0.2) is 4.99 Å². The SMILES string of the molecule is CCNC(=NCc1ccc(C)cc1OCCOC)NCCCOC(C)C. The van der Waals surface area contributed by atoms with Gasteiger partial charge >= 0.3 is 0 Å². The van der Waals surface area contributed by atoms with Crippen LogP contribution in [0.5, 0.6) is 5.75 Å². The van der Waals surface area contributed by atoms with Crippen molar-refractivity contribution in [3.63, 3.8) is 0 Å². The summed E-state index contributed by atoms with van der Waals surface area (Å²) >= 11 is 0. The first-order valence-corrected chi connectivity index (χ1v) is 9.41. The van der Waals surface area contributed by atoms with Crippen LogP contribution < -0.4 is 15.4 Å². The van der Waals surface area contributed by atoms with Crippen molar-refractivity contribution in [1.82, 2.24) is 10.6 Å². The highest BCUT2D eigenvalue weighted by Crippen LogP contribution is 2.21. The fourth-order valence-electron chi connectivity index (χ4n) is 2.27. The van der Waals surface area contributed by atoms with Crippen molar-refractivity contribution in [3.8, 4) is 5.75 Å². The van der Waals surface area contributed by atoms with Crippen molar-refractivity contribution in [2.75, 3.05) is 40.0 Å². The van der Waals surface area contributed by atoms with Gasteiger partial charge in [0.15, 0.2) is 5.96 Å². The molecule has 0 saturated heterocycles. The van der Waals surface area contributed by atoms with Gasteiger partial charge in [0.05, 0.1) is 19.3 Å². The number of rotatable bonds is 12. The molecular formula is C20H35N3O3. The highest BCUT2D eigenvalue weighted by molar-refractivity contribution is 5.79. The van der Waals surface area contributed by atoms with Crippen molar-refractivity contribution in [3.05, 3.63) is 29.3 Å². The van der Waals surface area contributed by atoms with Gasteiger partial charge in [-0.2, -0.15) is 0 Å². The lowest BCUT2D eigenvalue weighted by Gasteiger charge is -2.14. The third-order valence-electron chi connectivity index (χ3n) is 3.58. The minimum absolute atomic E-state index is 0.273. The van der Waals surface area contributed by atoms with Gasteiger partial charge in [-0.05, 0) is 45.7 Å². The quantitative estimate of drug-likeness (QED) is 0.339. The predicted octanol–water partition coefficient (Wildman–Crippen LogP) is 2.89. The molecule has 0 aliphatic carbocycles. The molecule has 0 atom stereocenters. The summed E-state index contributed by atoms with van der Waals surface area (Å²) in [6.45, 7) is 12.3. The van der Waals surface area contributed by atoms with Crippen molar-refractivity contribution >= 4 is 5.96 Å². The number of hydrogen-bond donors (Lipinski definition) is 2. The van der Waals surface area contributed by atoms with Crippen LogP contribution in [0.1, 0.15) is 38.3 Å². The van der Waals surface area contributed by atoms with Gasteiger partial charge in [-0.15, -0.1) is 0 Å². The van der Waals surface area contributed by atoms with Crippen LogP contribution in [0.15, 0.2) is 23.2 Å². The average Bonchev–Trinajstić information content (AvgIpc) is 2.60. The highest BCUT2D eigenvalue weighted by atomic mass is 16.5. The van der Waals surface area contributed by atoms with Gasteiger partial charge in [0.1, 0.15) is 12.4 Å². The maximum absolute atomic E-state index is 5.83. The van der Waals surface area contributed by atoms with E-state index in [0.29, 0.717) is 19.8 Å². The van der Waals surface area contributed by atoms with Crippen LogP contribution in [0.2, 0.25) is 0 Å². The summed E-state index contributed by atoms with van der Waals surface area (Å²) in [6, 6.07) is 6.20. The van der Waals surface area contributed by atoms with Crippen LogP contribution in [0.25, 0.3) is 0 Å². The number of nitrogens with zero attached hydrogens (tertiary/aromatic N) is 1. The molecule has 1 aromatic carbocycles. The molecular weight excluding hydrogens is 330 g/mol. The molecule has 0 radical (unpaired) electrons. The van der Waals surface area contributed by atoms with Crippen LogP contribution in [0.3, 0.4) is 0 Å². The average molecular weight is 366 g/mol. The molecule has 26 heavy (non-hydrogen) atoms. The van der Waals surface area contributed by atoms with E-state index in [1.807, 2.05) is 19.9 Å². The zero-order chi connectivity index (χ0) is 19.2. The van der Waals surface area contributed by atoms with Crippen molar-refractivity contribution in [2.45, 2.75) is 46.8 Å². The molecule has 1 aromatic rings. The molecule has 6 heteroatoms. The Hall–Kier alpha value is -1.79. The minimum Gasteiger partial charge on any atom is -0.491 e. The van der Waals surface area contributed by atoms with Gasteiger partial charge in [0, 0.05) is 32.4 Å². The zero-order valence-corrected chi connectivity index (χ0v) is 16.9. The largest absolute Gasteiger partial charge is 0.491 e. The van der Waals surface area contributed by atoms with Gasteiger partial charge in [0.25, 0.3) is 0 Å². The number of guanidine groups is 1. The highest BCUT2D eigenvalue weighted by Gasteiger charge is 2.05. The number of methoxy groups -OCH3 is 1. The van der Waals surface area contributed by atoms with E-state index >= 15 is 0 Å². The van der Waals surface area contributed by atoms with E-state index in [1.54, 1.807) is 7.11 Å². The van der Waals surface area contributed by atoms with Gasteiger partial charge in [-0.1, -0.05) is 12.1 Å². The summed E-state index contributed by atoms with van der Waals surface area (Å²) in [5.74, 6) is 1.67. The number of benzene rings is 1. The maximum Gasteiger partial charge on any atom is 0.191 e. The number of aliphatic imine (C=N–C) groups is 1. The van der Waals surface area contributed by atoms with E-state index < -0.39 is 0 Å². The zero-order valence-electron chi connectivity index (χ0n) is 16.9. The molecule has 2 N–H and O–H groups in total. The van der Waals surface area contributed by atoms with E-state index in [9.17, 15) is 0 Å². The first kappa shape index (κ1) is 22.3. The molecule has 0 bridgehead atoms. The van der Waals surface area contributed by atoms with Crippen molar-refractivity contribution in [2.24, 2.45) is 4.99 Å². The second kappa shape index (κ2) is 13.4. The van der Waals surface area contributed by atoms with Crippen LogP contribution in [0, 0.1) is 6.92 Å². The molecule has 0 aromatic heterocycles. The molecule has 148 valence electrons. The topological polar surface area (TPSA) is 64.1 Å². The summed E-state index contributed by atoms with van der Waals surface area (Å²) < 4.78 is 16.5. The fourth-order valence-corrected chi connectivity index (χ4v) is 2.27. The van der Waals surface area contributed by atoms with E-state index in [0.717, 1.165) is 43.4 Å². The van der Waals surface area contributed by atoms with E-state index in [1.165, 1.54) is 5.56 Å². The Labute approximate surface area is 158 Å².